The van der Waals surface area contributed by atoms with E-state index in [-0.39, 0.29) is 11.8 Å². The molecule has 1 aliphatic rings. The quantitative estimate of drug-likeness (QED) is 0.755. The first-order chi connectivity index (χ1) is 12.3. The fourth-order valence-electron chi connectivity index (χ4n) is 3.03. The van der Waals surface area contributed by atoms with Crippen LogP contribution in [-0.4, -0.2) is 70.9 Å². The maximum atomic E-state index is 12.5. The lowest BCUT2D eigenvalue weighted by Gasteiger charge is -2.33. The second kappa shape index (κ2) is 8.70. The molecule has 1 fully saturated rings. The molecule has 0 unspecified atom stereocenters. The molecule has 1 aromatic rings. The van der Waals surface area contributed by atoms with Crippen LogP contribution in [0.5, 0.6) is 11.5 Å². The largest absolute Gasteiger partial charge is 0.493 e. The average Bonchev–Trinajstić information content (AvgIpc) is 2.65. The summed E-state index contributed by atoms with van der Waals surface area (Å²) in [6.45, 7) is 1.31. The van der Waals surface area contributed by atoms with Crippen molar-refractivity contribution in [2.75, 3.05) is 47.9 Å². The molecule has 1 N–H and O–H groups in total. The third-order valence-corrected chi connectivity index (χ3v) is 6.38. The Morgan fingerprint density at radius 2 is 2.04 bits per heavy atom. The summed E-state index contributed by atoms with van der Waals surface area (Å²) in [7, 11) is 2.62. The molecule has 0 radical (unpaired) electrons. The van der Waals surface area contributed by atoms with Crippen molar-refractivity contribution in [3.63, 3.8) is 0 Å². The molecule has 1 atom stereocenters. The van der Waals surface area contributed by atoms with Gasteiger partial charge in [0, 0.05) is 33.7 Å². The normalized spacial score (nSPS) is 18.6. The van der Waals surface area contributed by atoms with Crippen molar-refractivity contribution in [3.8, 4) is 11.5 Å². The van der Waals surface area contributed by atoms with Gasteiger partial charge in [0.15, 0.2) is 11.5 Å². The van der Waals surface area contributed by atoms with Crippen molar-refractivity contribution in [1.29, 1.82) is 0 Å². The van der Waals surface area contributed by atoms with Crippen molar-refractivity contribution >= 4 is 16.1 Å². The molecule has 1 aromatic carbocycles. The van der Waals surface area contributed by atoms with E-state index in [2.05, 4.69) is 5.32 Å². The van der Waals surface area contributed by atoms with E-state index in [1.165, 1.54) is 36.9 Å². The first kappa shape index (κ1) is 20.5. The predicted octanol–water partition coefficient (Wildman–Crippen LogP) is 0.952. The Kier molecular flexibility index (Phi) is 6.85. The van der Waals surface area contributed by atoms with Crippen molar-refractivity contribution < 1.29 is 22.7 Å². The number of nitrogens with zero attached hydrogens (tertiary/aromatic N) is 2. The summed E-state index contributed by atoms with van der Waals surface area (Å²) in [5.41, 5.74) is 0.389. The van der Waals surface area contributed by atoms with Crippen LogP contribution in [0.3, 0.4) is 0 Å². The SMILES string of the molecule is COc1cccc(C(=O)NC[C@H]2CCCN(S(=O)(=O)N(C)C)C2)c1OC. The molecule has 146 valence electrons. The third kappa shape index (κ3) is 4.46. The van der Waals surface area contributed by atoms with Crippen LogP contribution < -0.4 is 14.8 Å². The zero-order valence-electron chi connectivity index (χ0n) is 15.7. The van der Waals surface area contributed by atoms with Gasteiger partial charge in [-0.2, -0.15) is 17.0 Å². The highest BCUT2D eigenvalue weighted by Gasteiger charge is 2.30. The minimum Gasteiger partial charge on any atom is -0.493 e. The second-order valence-corrected chi connectivity index (χ2v) is 8.55. The minimum atomic E-state index is -3.43. The van der Waals surface area contributed by atoms with Crippen molar-refractivity contribution in [1.82, 2.24) is 13.9 Å². The Morgan fingerprint density at radius 3 is 2.65 bits per heavy atom. The van der Waals surface area contributed by atoms with Crippen LogP contribution in [-0.2, 0) is 10.2 Å². The van der Waals surface area contributed by atoms with E-state index in [4.69, 9.17) is 9.47 Å². The number of amides is 1. The van der Waals surface area contributed by atoms with E-state index in [0.29, 0.717) is 36.7 Å². The summed E-state index contributed by atoms with van der Waals surface area (Å²) in [5.74, 6) is 0.668. The van der Waals surface area contributed by atoms with Crippen LogP contribution >= 0.6 is 0 Å². The molecule has 1 amide bonds. The van der Waals surface area contributed by atoms with Crippen LogP contribution in [0.15, 0.2) is 18.2 Å². The number of rotatable bonds is 7. The van der Waals surface area contributed by atoms with Crippen LogP contribution in [0.25, 0.3) is 0 Å². The fraction of sp³-hybridized carbons (Fsp3) is 0.588. The number of nitrogens with one attached hydrogen (secondary N) is 1. The molecule has 0 saturated carbocycles. The molecule has 9 heteroatoms. The van der Waals surface area contributed by atoms with Crippen molar-refractivity contribution in [2.24, 2.45) is 5.92 Å². The van der Waals surface area contributed by atoms with Crippen LogP contribution in [0.4, 0.5) is 0 Å². The average molecular weight is 385 g/mol. The number of piperidine rings is 1. The van der Waals surface area contributed by atoms with Gasteiger partial charge < -0.3 is 14.8 Å². The summed E-state index contributed by atoms with van der Waals surface area (Å²) in [5, 5.41) is 2.89. The monoisotopic (exact) mass is 385 g/mol. The summed E-state index contributed by atoms with van der Waals surface area (Å²) in [6, 6.07) is 5.11. The van der Waals surface area contributed by atoms with Gasteiger partial charge in [-0.25, -0.2) is 0 Å². The zero-order chi connectivity index (χ0) is 19.3. The maximum Gasteiger partial charge on any atom is 0.281 e. The van der Waals surface area contributed by atoms with E-state index in [1.54, 1.807) is 18.2 Å². The Hall–Kier alpha value is -1.84. The number of hydrogen-bond acceptors (Lipinski definition) is 5. The zero-order valence-corrected chi connectivity index (χ0v) is 16.5. The van der Waals surface area contributed by atoms with Crippen LogP contribution in [0.1, 0.15) is 23.2 Å². The highest BCUT2D eigenvalue weighted by Crippen LogP contribution is 2.30. The van der Waals surface area contributed by atoms with E-state index in [1.807, 2.05) is 0 Å². The van der Waals surface area contributed by atoms with E-state index >= 15 is 0 Å². The minimum absolute atomic E-state index is 0.0685. The molecule has 8 nitrogen and oxygen atoms in total. The van der Waals surface area contributed by atoms with Crippen molar-refractivity contribution in [2.45, 2.75) is 12.8 Å². The Labute approximate surface area is 155 Å². The first-order valence-electron chi connectivity index (χ1n) is 8.48. The lowest BCUT2D eigenvalue weighted by molar-refractivity contribution is 0.0937. The number of carbonyl (C=O) groups excluding carboxylic acids is 1. The van der Waals surface area contributed by atoms with Gasteiger partial charge in [0.1, 0.15) is 0 Å². The smallest absolute Gasteiger partial charge is 0.281 e. The summed E-state index contributed by atoms with van der Waals surface area (Å²) < 4.78 is 37.7. The third-order valence-electron chi connectivity index (χ3n) is 4.47. The molecule has 0 bridgehead atoms. The Morgan fingerprint density at radius 1 is 1.31 bits per heavy atom. The van der Waals surface area contributed by atoms with Gasteiger partial charge >= 0.3 is 0 Å². The highest BCUT2D eigenvalue weighted by molar-refractivity contribution is 7.86. The van der Waals surface area contributed by atoms with Gasteiger partial charge in [-0.05, 0) is 30.9 Å². The first-order valence-corrected chi connectivity index (χ1v) is 9.87. The lowest BCUT2D eigenvalue weighted by atomic mass is 9.99. The molecule has 0 aliphatic carbocycles. The summed E-state index contributed by atoms with van der Waals surface area (Å²) in [6.07, 6.45) is 1.64. The molecule has 1 heterocycles. The van der Waals surface area contributed by atoms with Gasteiger partial charge in [0.2, 0.25) is 0 Å². The van der Waals surface area contributed by atoms with Gasteiger partial charge in [-0.1, -0.05) is 6.07 Å². The predicted molar refractivity (Wildman–Crippen MR) is 98.8 cm³/mol. The topological polar surface area (TPSA) is 88.2 Å². The van der Waals surface area contributed by atoms with E-state index < -0.39 is 10.2 Å². The number of methoxy groups -OCH3 is 2. The van der Waals surface area contributed by atoms with Gasteiger partial charge in [0.05, 0.1) is 19.8 Å². The molecule has 0 spiro atoms. The maximum absolute atomic E-state index is 12.5. The van der Waals surface area contributed by atoms with Crippen LogP contribution in [0, 0.1) is 5.92 Å². The standard InChI is InChI=1S/C17H27N3O5S/c1-19(2)26(22,23)20-10-6-7-13(12-20)11-18-17(21)14-8-5-9-15(24-3)16(14)25-4/h5,8-9,13H,6-7,10-12H2,1-4H3,(H,18,21)/t13-/m1/s1. The van der Waals surface area contributed by atoms with Crippen LogP contribution in [0.2, 0.25) is 0 Å². The lowest BCUT2D eigenvalue weighted by Crippen LogP contribution is -2.47. The van der Waals surface area contributed by atoms with Crippen molar-refractivity contribution in [3.05, 3.63) is 23.8 Å². The van der Waals surface area contributed by atoms with E-state index in [0.717, 1.165) is 12.8 Å². The molecule has 2 rings (SSSR count). The summed E-state index contributed by atoms with van der Waals surface area (Å²) in [4.78, 5) is 12.5. The van der Waals surface area contributed by atoms with Gasteiger partial charge in [-0.15, -0.1) is 0 Å². The number of hydrogen-bond donors (Lipinski definition) is 1. The number of ether oxygens (including phenoxy) is 2. The number of carbonyl (C=O) groups is 1. The molecule has 0 aromatic heterocycles. The molecule has 1 saturated heterocycles. The van der Waals surface area contributed by atoms with Gasteiger partial charge in [0.25, 0.3) is 16.1 Å². The number of benzene rings is 1. The molecular weight excluding hydrogens is 358 g/mol. The number of para-hydroxylation sites is 1. The fourth-order valence-corrected chi connectivity index (χ4v) is 4.25. The molecule has 1 aliphatic heterocycles. The van der Waals surface area contributed by atoms with E-state index in [9.17, 15) is 13.2 Å². The highest BCUT2D eigenvalue weighted by atomic mass is 32.2. The molecule has 26 heavy (non-hydrogen) atoms. The molecular formula is C17H27N3O5S. The van der Waals surface area contributed by atoms with Gasteiger partial charge in [-0.3, -0.25) is 4.79 Å². The second-order valence-electron chi connectivity index (χ2n) is 6.41. The Balaban J connectivity index is 2.02. The summed E-state index contributed by atoms with van der Waals surface area (Å²) >= 11 is 0. The Bertz CT molecular complexity index is 736.